The molecule has 1 aliphatic rings. The third kappa shape index (κ3) is 6.14. The zero-order valence-corrected chi connectivity index (χ0v) is 14.6. The normalized spacial score (nSPS) is 18.3. The van der Waals surface area contributed by atoms with Gasteiger partial charge in [0.15, 0.2) is 0 Å². The highest BCUT2D eigenvalue weighted by Gasteiger charge is 2.29. The Morgan fingerprint density at radius 3 is 2.96 bits per heavy atom. The summed E-state index contributed by atoms with van der Waals surface area (Å²) in [5.74, 6) is 1.34. The Kier molecular flexibility index (Phi) is 5.93. The van der Waals surface area contributed by atoms with Crippen LogP contribution >= 0.6 is 0 Å². The van der Waals surface area contributed by atoms with Gasteiger partial charge in [-0.05, 0) is 59.1 Å². The first-order valence-electron chi connectivity index (χ1n) is 8.30. The third-order valence-electron chi connectivity index (χ3n) is 3.81. The molecule has 1 N–H and O–H groups in total. The first-order valence-corrected chi connectivity index (χ1v) is 8.30. The van der Waals surface area contributed by atoms with Gasteiger partial charge in [0.25, 0.3) is 0 Å². The second kappa shape index (κ2) is 7.73. The number of nitrogens with one attached hydrogen (secondary N) is 1. The highest BCUT2D eigenvalue weighted by Crippen LogP contribution is 2.21. The molecule has 0 aliphatic carbocycles. The lowest BCUT2D eigenvalue weighted by Gasteiger charge is -2.24. The SMILES string of the molecule is Cc1nccc(CNCCC2CCN(C(=O)OC(C)(C)C)C2)n1. The molecule has 2 heterocycles. The first-order chi connectivity index (χ1) is 10.8. The average Bonchev–Trinajstić information content (AvgIpc) is 2.91. The zero-order chi connectivity index (χ0) is 16.9. The van der Waals surface area contributed by atoms with Crippen LogP contribution < -0.4 is 5.32 Å². The van der Waals surface area contributed by atoms with Gasteiger partial charge in [0, 0.05) is 25.8 Å². The molecule has 1 fully saturated rings. The molecule has 0 bridgehead atoms. The topological polar surface area (TPSA) is 67.4 Å². The number of hydrogen-bond donors (Lipinski definition) is 1. The molecule has 6 nitrogen and oxygen atoms in total. The van der Waals surface area contributed by atoms with Crippen molar-refractivity contribution in [2.24, 2.45) is 5.92 Å². The molecule has 128 valence electrons. The van der Waals surface area contributed by atoms with Crippen molar-refractivity contribution in [1.82, 2.24) is 20.2 Å². The van der Waals surface area contributed by atoms with Crippen LogP contribution in [0.2, 0.25) is 0 Å². The van der Waals surface area contributed by atoms with Crippen LogP contribution in [-0.2, 0) is 11.3 Å². The number of amides is 1. The maximum absolute atomic E-state index is 12.0. The Morgan fingerprint density at radius 2 is 2.26 bits per heavy atom. The molecule has 1 aromatic rings. The van der Waals surface area contributed by atoms with Crippen LogP contribution in [0.4, 0.5) is 4.79 Å². The molecule has 1 atom stereocenters. The molecule has 6 heteroatoms. The zero-order valence-electron chi connectivity index (χ0n) is 14.6. The summed E-state index contributed by atoms with van der Waals surface area (Å²) in [5, 5.41) is 3.41. The minimum atomic E-state index is -0.424. The summed E-state index contributed by atoms with van der Waals surface area (Å²) in [4.78, 5) is 22.3. The highest BCUT2D eigenvalue weighted by atomic mass is 16.6. The van der Waals surface area contributed by atoms with Crippen molar-refractivity contribution in [3.63, 3.8) is 0 Å². The van der Waals surface area contributed by atoms with Crippen molar-refractivity contribution in [3.8, 4) is 0 Å². The lowest BCUT2D eigenvalue weighted by molar-refractivity contribution is 0.0287. The lowest BCUT2D eigenvalue weighted by Crippen LogP contribution is -2.35. The third-order valence-corrected chi connectivity index (χ3v) is 3.81. The van der Waals surface area contributed by atoms with Crippen LogP contribution in [0.25, 0.3) is 0 Å². The van der Waals surface area contributed by atoms with Gasteiger partial charge in [-0.2, -0.15) is 0 Å². The molecular formula is C17H28N4O2. The van der Waals surface area contributed by atoms with Gasteiger partial charge in [-0.3, -0.25) is 0 Å². The lowest BCUT2D eigenvalue weighted by atomic mass is 10.1. The monoisotopic (exact) mass is 320 g/mol. The molecule has 0 radical (unpaired) electrons. The molecular weight excluding hydrogens is 292 g/mol. The van der Waals surface area contributed by atoms with E-state index in [-0.39, 0.29) is 6.09 Å². The van der Waals surface area contributed by atoms with Crippen molar-refractivity contribution in [2.45, 2.75) is 52.7 Å². The van der Waals surface area contributed by atoms with Crippen LogP contribution in [0.15, 0.2) is 12.3 Å². The molecule has 1 amide bonds. The van der Waals surface area contributed by atoms with Gasteiger partial charge < -0.3 is 15.0 Å². The molecule has 0 spiro atoms. The van der Waals surface area contributed by atoms with E-state index < -0.39 is 5.60 Å². The van der Waals surface area contributed by atoms with Gasteiger partial charge in [0.05, 0.1) is 5.69 Å². The van der Waals surface area contributed by atoms with E-state index in [1.807, 2.05) is 38.7 Å². The summed E-state index contributed by atoms with van der Waals surface area (Å²) >= 11 is 0. The predicted molar refractivity (Wildman–Crippen MR) is 89.0 cm³/mol. The number of hydrogen-bond acceptors (Lipinski definition) is 5. The summed E-state index contributed by atoms with van der Waals surface area (Å²) in [6, 6.07) is 1.93. The fraction of sp³-hybridized carbons (Fsp3) is 0.706. The number of aromatic nitrogens is 2. The maximum atomic E-state index is 12.0. The number of nitrogens with zero attached hydrogens (tertiary/aromatic N) is 3. The van der Waals surface area contributed by atoms with Gasteiger partial charge in [-0.15, -0.1) is 0 Å². The van der Waals surface area contributed by atoms with E-state index in [9.17, 15) is 4.79 Å². The van der Waals surface area contributed by atoms with E-state index in [4.69, 9.17) is 4.74 Å². The van der Waals surface area contributed by atoms with E-state index >= 15 is 0 Å². The van der Waals surface area contributed by atoms with Gasteiger partial charge in [0.1, 0.15) is 11.4 Å². The summed E-state index contributed by atoms with van der Waals surface area (Å²) < 4.78 is 5.42. The molecule has 1 aromatic heterocycles. The Bertz CT molecular complexity index is 528. The van der Waals surface area contributed by atoms with E-state index in [1.165, 1.54) is 0 Å². The van der Waals surface area contributed by atoms with Gasteiger partial charge >= 0.3 is 6.09 Å². The number of carbonyl (C=O) groups excluding carboxylic acids is 1. The van der Waals surface area contributed by atoms with Crippen LogP contribution in [0.1, 0.15) is 45.1 Å². The van der Waals surface area contributed by atoms with Crippen LogP contribution in [0, 0.1) is 12.8 Å². The maximum Gasteiger partial charge on any atom is 0.410 e. The van der Waals surface area contributed by atoms with Crippen molar-refractivity contribution >= 4 is 6.09 Å². The van der Waals surface area contributed by atoms with Crippen LogP contribution in [0.3, 0.4) is 0 Å². The second-order valence-corrected chi connectivity index (χ2v) is 7.14. The van der Waals surface area contributed by atoms with Crippen molar-refractivity contribution in [1.29, 1.82) is 0 Å². The average molecular weight is 320 g/mol. The number of likely N-dealkylation sites (tertiary alicyclic amines) is 1. The molecule has 1 unspecified atom stereocenters. The quantitative estimate of drug-likeness (QED) is 0.844. The van der Waals surface area contributed by atoms with Crippen LogP contribution in [0.5, 0.6) is 0 Å². The summed E-state index contributed by atoms with van der Waals surface area (Å²) in [6.07, 6.45) is 3.70. The van der Waals surface area contributed by atoms with Gasteiger partial charge in [0.2, 0.25) is 0 Å². The summed E-state index contributed by atoms with van der Waals surface area (Å²) in [5.41, 5.74) is 0.589. The first kappa shape index (κ1) is 17.7. The minimum absolute atomic E-state index is 0.190. The molecule has 2 rings (SSSR count). The van der Waals surface area contributed by atoms with E-state index in [1.54, 1.807) is 6.20 Å². The highest BCUT2D eigenvalue weighted by molar-refractivity contribution is 5.68. The fourth-order valence-electron chi connectivity index (χ4n) is 2.69. The van der Waals surface area contributed by atoms with Crippen molar-refractivity contribution in [2.75, 3.05) is 19.6 Å². The van der Waals surface area contributed by atoms with Gasteiger partial charge in [-0.1, -0.05) is 0 Å². The Balaban J connectivity index is 1.65. The summed E-state index contributed by atoms with van der Waals surface area (Å²) in [6.45, 7) is 10.9. The summed E-state index contributed by atoms with van der Waals surface area (Å²) in [7, 11) is 0. The standard InChI is InChI=1S/C17H28N4O2/c1-13-19-9-6-15(20-13)11-18-8-5-14-7-10-21(12-14)16(22)23-17(2,3)4/h6,9,14,18H,5,7-8,10-12H2,1-4H3. The van der Waals surface area contributed by atoms with E-state index in [0.717, 1.165) is 50.5 Å². The van der Waals surface area contributed by atoms with Crippen LogP contribution in [-0.4, -0.2) is 46.2 Å². The number of carbonyl (C=O) groups is 1. The fourth-order valence-corrected chi connectivity index (χ4v) is 2.69. The van der Waals surface area contributed by atoms with Crippen molar-refractivity contribution < 1.29 is 9.53 Å². The van der Waals surface area contributed by atoms with Crippen molar-refractivity contribution in [3.05, 3.63) is 23.8 Å². The number of rotatable bonds is 5. The number of ether oxygens (including phenoxy) is 1. The molecule has 1 saturated heterocycles. The Morgan fingerprint density at radius 1 is 1.48 bits per heavy atom. The van der Waals surface area contributed by atoms with Gasteiger partial charge in [-0.25, -0.2) is 14.8 Å². The second-order valence-electron chi connectivity index (χ2n) is 7.14. The minimum Gasteiger partial charge on any atom is -0.444 e. The Hall–Kier alpha value is -1.69. The number of aryl methyl sites for hydroxylation is 1. The molecule has 0 saturated carbocycles. The Labute approximate surface area is 138 Å². The molecule has 0 aromatic carbocycles. The van der Waals surface area contributed by atoms with E-state index in [2.05, 4.69) is 15.3 Å². The predicted octanol–water partition coefficient (Wildman–Crippen LogP) is 2.52. The molecule has 23 heavy (non-hydrogen) atoms. The molecule has 1 aliphatic heterocycles. The smallest absolute Gasteiger partial charge is 0.410 e. The largest absolute Gasteiger partial charge is 0.444 e. The van der Waals surface area contributed by atoms with E-state index in [0.29, 0.717) is 5.92 Å².